The van der Waals surface area contributed by atoms with Crippen molar-refractivity contribution < 1.29 is 4.79 Å². The van der Waals surface area contributed by atoms with Gasteiger partial charge in [0.05, 0.1) is 5.69 Å². The summed E-state index contributed by atoms with van der Waals surface area (Å²) in [5.41, 5.74) is 1.52. The van der Waals surface area contributed by atoms with Crippen LogP contribution in [0.4, 0.5) is 0 Å². The summed E-state index contributed by atoms with van der Waals surface area (Å²) in [6.07, 6.45) is 4.76. The molecule has 1 amide bonds. The van der Waals surface area contributed by atoms with E-state index in [-0.39, 0.29) is 5.91 Å². The second-order valence-electron chi connectivity index (χ2n) is 5.07. The summed E-state index contributed by atoms with van der Waals surface area (Å²) in [5, 5.41) is 8.33. The molecule has 1 fully saturated rings. The van der Waals surface area contributed by atoms with E-state index in [1.165, 1.54) is 19.3 Å². The molecule has 0 bridgehead atoms. The standard InChI is InChI=1S/C13H20BrN3O/c1-9-7-12(17(2)16-9)13(18)15-11-6-4-3-5-10(11)8-14/h7,10-11H,3-6,8H2,1-2H3,(H,15,18). The molecule has 2 unspecified atom stereocenters. The van der Waals surface area contributed by atoms with Gasteiger partial charge in [-0.05, 0) is 31.7 Å². The lowest BCUT2D eigenvalue weighted by molar-refractivity contribution is 0.0902. The largest absolute Gasteiger partial charge is 0.348 e. The molecule has 0 saturated heterocycles. The summed E-state index contributed by atoms with van der Waals surface area (Å²) in [4.78, 5) is 12.2. The van der Waals surface area contributed by atoms with E-state index in [0.717, 1.165) is 17.4 Å². The van der Waals surface area contributed by atoms with Crippen molar-refractivity contribution in [2.45, 2.75) is 38.6 Å². The lowest BCUT2D eigenvalue weighted by Crippen LogP contribution is -2.43. The van der Waals surface area contributed by atoms with Crippen LogP contribution >= 0.6 is 15.9 Å². The molecule has 5 heteroatoms. The van der Waals surface area contributed by atoms with Gasteiger partial charge >= 0.3 is 0 Å². The maximum atomic E-state index is 12.2. The molecule has 4 nitrogen and oxygen atoms in total. The molecule has 1 saturated carbocycles. The van der Waals surface area contributed by atoms with Gasteiger partial charge in [-0.15, -0.1) is 0 Å². The van der Waals surface area contributed by atoms with E-state index in [4.69, 9.17) is 0 Å². The summed E-state index contributed by atoms with van der Waals surface area (Å²) >= 11 is 3.55. The number of amides is 1. The van der Waals surface area contributed by atoms with Crippen molar-refractivity contribution in [2.75, 3.05) is 5.33 Å². The molecule has 2 rings (SSSR count). The third-order valence-electron chi connectivity index (χ3n) is 3.66. The summed E-state index contributed by atoms with van der Waals surface area (Å²) in [6.45, 7) is 1.90. The Morgan fingerprint density at radius 2 is 2.28 bits per heavy atom. The Labute approximate surface area is 116 Å². The molecule has 0 aliphatic heterocycles. The van der Waals surface area contributed by atoms with Crippen LogP contribution in [0.5, 0.6) is 0 Å². The second kappa shape index (κ2) is 5.87. The quantitative estimate of drug-likeness (QED) is 0.871. The topological polar surface area (TPSA) is 46.9 Å². The molecular formula is C13H20BrN3O. The van der Waals surface area contributed by atoms with Crippen molar-refractivity contribution in [2.24, 2.45) is 13.0 Å². The zero-order chi connectivity index (χ0) is 13.1. The highest BCUT2D eigenvalue weighted by Crippen LogP contribution is 2.26. The van der Waals surface area contributed by atoms with Crippen molar-refractivity contribution in [1.82, 2.24) is 15.1 Å². The Morgan fingerprint density at radius 1 is 1.56 bits per heavy atom. The molecule has 2 atom stereocenters. The van der Waals surface area contributed by atoms with Crippen molar-refractivity contribution in [3.05, 3.63) is 17.5 Å². The number of alkyl halides is 1. The summed E-state index contributed by atoms with van der Waals surface area (Å²) < 4.78 is 1.65. The van der Waals surface area contributed by atoms with Crippen LogP contribution in [-0.2, 0) is 7.05 Å². The molecule has 1 heterocycles. The van der Waals surface area contributed by atoms with Gasteiger partial charge < -0.3 is 5.32 Å². The zero-order valence-electron chi connectivity index (χ0n) is 10.9. The molecule has 18 heavy (non-hydrogen) atoms. The van der Waals surface area contributed by atoms with Gasteiger partial charge in [0, 0.05) is 18.4 Å². The second-order valence-corrected chi connectivity index (χ2v) is 5.72. The molecule has 1 aliphatic rings. The fraction of sp³-hybridized carbons (Fsp3) is 0.692. The Balaban J connectivity index is 2.04. The van der Waals surface area contributed by atoms with Gasteiger partial charge in [0.2, 0.25) is 0 Å². The maximum Gasteiger partial charge on any atom is 0.269 e. The number of halogens is 1. The number of carbonyl (C=O) groups excluding carboxylic acids is 1. The van der Waals surface area contributed by atoms with Gasteiger partial charge in [0.1, 0.15) is 5.69 Å². The van der Waals surface area contributed by atoms with Gasteiger partial charge in [0.15, 0.2) is 0 Å². The van der Waals surface area contributed by atoms with Crippen molar-refractivity contribution in [1.29, 1.82) is 0 Å². The fourth-order valence-electron chi connectivity index (χ4n) is 2.65. The predicted molar refractivity (Wildman–Crippen MR) is 75.0 cm³/mol. The van der Waals surface area contributed by atoms with E-state index in [1.54, 1.807) is 4.68 Å². The number of nitrogens with one attached hydrogen (secondary N) is 1. The highest BCUT2D eigenvalue weighted by Gasteiger charge is 2.26. The van der Waals surface area contributed by atoms with E-state index < -0.39 is 0 Å². The number of carbonyl (C=O) groups is 1. The average Bonchev–Trinajstić information content (AvgIpc) is 2.69. The van der Waals surface area contributed by atoms with Crippen LogP contribution in [-0.4, -0.2) is 27.1 Å². The SMILES string of the molecule is Cc1cc(C(=O)NC2CCCCC2CBr)n(C)n1. The first kappa shape index (κ1) is 13.6. The monoisotopic (exact) mass is 313 g/mol. The van der Waals surface area contributed by atoms with E-state index in [0.29, 0.717) is 17.7 Å². The summed E-state index contributed by atoms with van der Waals surface area (Å²) in [5.74, 6) is 0.549. The number of hydrogen-bond donors (Lipinski definition) is 1. The highest BCUT2D eigenvalue weighted by molar-refractivity contribution is 9.09. The van der Waals surface area contributed by atoms with Crippen LogP contribution in [0.1, 0.15) is 41.9 Å². The molecule has 0 radical (unpaired) electrons. The molecule has 100 valence electrons. The molecule has 0 aromatic carbocycles. The van der Waals surface area contributed by atoms with Gasteiger partial charge in [-0.25, -0.2) is 0 Å². The van der Waals surface area contributed by atoms with Gasteiger partial charge in [0.25, 0.3) is 5.91 Å². The Kier molecular flexibility index (Phi) is 4.43. The smallest absolute Gasteiger partial charge is 0.269 e. The number of rotatable bonds is 3. The average molecular weight is 314 g/mol. The van der Waals surface area contributed by atoms with E-state index in [1.807, 2.05) is 20.0 Å². The lowest BCUT2D eigenvalue weighted by atomic mass is 9.86. The van der Waals surface area contributed by atoms with Crippen LogP contribution in [0.15, 0.2) is 6.07 Å². The van der Waals surface area contributed by atoms with Crippen LogP contribution < -0.4 is 5.32 Å². The number of aryl methyl sites for hydroxylation is 2. The fourth-order valence-corrected chi connectivity index (χ4v) is 3.42. The first-order valence-corrected chi connectivity index (χ1v) is 7.61. The Hall–Kier alpha value is -0.840. The van der Waals surface area contributed by atoms with Crippen LogP contribution in [0, 0.1) is 12.8 Å². The van der Waals surface area contributed by atoms with Crippen LogP contribution in [0.3, 0.4) is 0 Å². The molecule has 1 aromatic heterocycles. The third kappa shape index (κ3) is 2.94. The zero-order valence-corrected chi connectivity index (χ0v) is 12.5. The Morgan fingerprint density at radius 3 is 2.89 bits per heavy atom. The molecule has 0 spiro atoms. The molecule has 1 aliphatic carbocycles. The van der Waals surface area contributed by atoms with Crippen molar-refractivity contribution in [3.63, 3.8) is 0 Å². The van der Waals surface area contributed by atoms with Crippen LogP contribution in [0.25, 0.3) is 0 Å². The minimum Gasteiger partial charge on any atom is -0.348 e. The van der Waals surface area contributed by atoms with E-state index >= 15 is 0 Å². The Bertz CT molecular complexity index is 430. The number of nitrogens with zero attached hydrogens (tertiary/aromatic N) is 2. The summed E-state index contributed by atoms with van der Waals surface area (Å²) in [6, 6.07) is 2.13. The van der Waals surface area contributed by atoms with Gasteiger partial charge in [-0.2, -0.15) is 5.10 Å². The highest BCUT2D eigenvalue weighted by atomic mass is 79.9. The van der Waals surface area contributed by atoms with Gasteiger partial charge in [-0.3, -0.25) is 9.48 Å². The third-order valence-corrected chi connectivity index (χ3v) is 4.49. The minimum atomic E-state index is -0.00375. The van der Waals surface area contributed by atoms with E-state index in [9.17, 15) is 4.79 Å². The van der Waals surface area contributed by atoms with Gasteiger partial charge in [-0.1, -0.05) is 28.8 Å². The maximum absolute atomic E-state index is 12.2. The predicted octanol–water partition coefficient (Wildman–Crippen LogP) is 2.41. The summed E-state index contributed by atoms with van der Waals surface area (Å²) in [7, 11) is 1.81. The molecule has 1 N–H and O–H groups in total. The van der Waals surface area contributed by atoms with Crippen molar-refractivity contribution >= 4 is 21.8 Å². The first-order valence-electron chi connectivity index (χ1n) is 6.49. The lowest BCUT2D eigenvalue weighted by Gasteiger charge is -2.30. The van der Waals surface area contributed by atoms with Crippen LogP contribution in [0.2, 0.25) is 0 Å². The molecular weight excluding hydrogens is 294 g/mol. The van der Waals surface area contributed by atoms with E-state index in [2.05, 4.69) is 26.3 Å². The molecule has 1 aromatic rings. The number of aromatic nitrogens is 2. The first-order chi connectivity index (χ1) is 8.61. The number of hydrogen-bond acceptors (Lipinski definition) is 2. The van der Waals surface area contributed by atoms with Crippen molar-refractivity contribution in [3.8, 4) is 0 Å². The normalized spacial score (nSPS) is 23.9. The minimum absolute atomic E-state index is 0.00375.